The van der Waals surface area contributed by atoms with Crippen LogP contribution < -0.4 is 5.32 Å². The van der Waals surface area contributed by atoms with E-state index < -0.39 is 10.0 Å². The van der Waals surface area contributed by atoms with Crippen molar-refractivity contribution in [1.82, 2.24) is 9.62 Å². The van der Waals surface area contributed by atoms with Gasteiger partial charge in [-0.2, -0.15) is 4.31 Å². The Balaban J connectivity index is 2.11. The Hall–Kier alpha value is -1.40. The molecule has 1 aliphatic heterocycles. The van der Waals surface area contributed by atoms with Gasteiger partial charge in [-0.1, -0.05) is 25.1 Å². The molecule has 128 valence electrons. The van der Waals surface area contributed by atoms with Crippen molar-refractivity contribution in [2.45, 2.75) is 50.5 Å². The number of piperidine rings is 1. The number of benzene rings is 1. The minimum Gasteiger partial charge on any atom is -0.351 e. The predicted molar refractivity (Wildman–Crippen MR) is 90.4 cm³/mol. The highest BCUT2D eigenvalue weighted by Crippen LogP contribution is 2.24. The molecule has 1 aromatic carbocycles. The Morgan fingerprint density at radius 2 is 1.96 bits per heavy atom. The van der Waals surface area contributed by atoms with Gasteiger partial charge >= 0.3 is 0 Å². The number of carbonyl (C=O) groups is 1. The van der Waals surface area contributed by atoms with Crippen molar-refractivity contribution < 1.29 is 13.2 Å². The van der Waals surface area contributed by atoms with E-state index in [2.05, 4.69) is 5.32 Å². The number of hydrogen-bond acceptors (Lipinski definition) is 3. The number of amides is 1. The Morgan fingerprint density at radius 1 is 1.30 bits per heavy atom. The van der Waals surface area contributed by atoms with Crippen LogP contribution in [0.3, 0.4) is 0 Å². The van der Waals surface area contributed by atoms with Gasteiger partial charge in [-0.05, 0) is 45.2 Å². The molecule has 0 spiro atoms. The van der Waals surface area contributed by atoms with Gasteiger partial charge < -0.3 is 5.32 Å². The van der Waals surface area contributed by atoms with E-state index in [-0.39, 0.29) is 28.8 Å². The molecule has 1 fully saturated rings. The minimum atomic E-state index is -3.52. The average molecular weight is 338 g/mol. The second-order valence-corrected chi connectivity index (χ2v) is 8.68. The molecule has 1 aromatic rings. The van der Waals surface area contributed by atoms with Gasteiger partial charge in [0.2, 0.25) is 15.9 Å². The monoisotopic (exact) mass is 338 g/mol. The first kappa shape index (κ1) is 17.9. The van der Waals surface area contributed by atoms with Crippen LogP contribution in [0.1, 0.15) is 40.0 Å². The zero-order valence-corrected chi connectivity index (χ0v) is 14.9. The third-order valence-corrected chi connectivity index (χ3v) is 6.36. The van der Waals surface area contributed by atoms with Crippen LogP contribution in [0, 0.1) is 5.92 Å². The van der Waals surface area contributed by atoms with Crippen LogP contribution >= 0.6 is 0 Å². The fourth-order valence-corrected chi connectivity index (χ4v) is 4.19. The van der Waals surface area contributed by atoms with Crippen LogP contribution in [-0.2, 0) is 14.8 Å². The van der Waals surface area contributed by atoms with E-state index in [1.54, 1.807) is 30.3 Å². The summed E-state index contributed by atoms with van der Waals surface area (Å²) in [5.74, 6) is -0.335. The third-order valence-electron chi connectivity index (χ3n) is 4.48. The van der Waals surface area contributed by atoms with Crippen molar-refractivity contribution in [1.29, 1.82) is 0 Å². The van der Waals surface area contributed by atoms with E-state index >= 15 is 0 Å². The smallest absolute Gasteiger partial charge is 0.243 e. The standard InChI is InChI=1S/C17H26N2O3S/c1-4-17(2,3)18-16(20)14-9-8-12-19(13-14)23(21,22)15-10-6-5-7-11-15/h5-7,10-11,14H,4,8-9,12-13H2,1-3H3,(H,18,20). The maximum atomic E-state index is 12.7. The van der Waals surface area contributed by atoms with Crippen molar-refractivity contribution in [2.24, 2.45) is 5.92 Å². The van der Waals surface area contributed by atoms with Gasteiger partial charge in [0.15, 0.2) is 0 Å². The summed E-state index contributed by atoms with van der Waals surface area (Å²) in [5, 5.41) is 3.03. The molecule has 1 saturated heterocycles. The number of rotatable bonds is 5. The van der Waals surface area contributed by atoms with Crippen LogP contribution in [0.4, 0.5) is 0 Å². The molecule has 1 amide bonds. The van der Waals surface area contributed by atoms with Gasteiger partial charge in [0.25, 0.3) is 0 Å². The van der Waals surface area contributed by atoms with E-state index in [0.717, 1.165) is 12.8 Å². The maximum Gasteiger partial charge on any atom is 0.243 e. The van der Waals surface area contributed by atoms with Crippen LogP contribution in [0.5, 0.6) is 0 Å². The molecular weight excluding hydrogens is 312 g/mol. The Bertz CT molecular complexity index is 641. The number of carbonyl (C=O) groups excluding carboxylic acids is 1. The molecule has 0 saturated carbocycles. The Labute approximate surface area is 139 Å². The average Bonchev–Trinajstić information content (AvgIpc) is 2.55. The number of sulfonamides is 1. The molecule has 0 aromatic heterocycles. The SMILES string of the molecule is CCC(C)(C)NC(=O)C1CCCN(S(=O)(=O)c2ccccc2)C1. The van der Waals surface area contributed by atoms with Crippen molar-refractivity contribution >= 4 is 15.9 Å². The number of nitrogens with one attached hydrogen (secondary N) is 1. The van der Waals surface area contributed by atoms with Crippen LogP contribution in [-0.4, -0.2) is 37.3 Å². The first-order valence-electron chi connectivity index (χ1n) is 8.13. The molecule has 0 bridgehead atoms. The van der Waals surface area contributed by atoms with Crippen molar-refractivity contribution in [3.8, 4) is 0 Å². The molecule has 6 heteroatoms. The van der Waals surface area contributed by atoms with Gasteiger partial charge in [0.05, 0.1) is 10.8 Å². The second-order valence-electron chi connectivity index (χ2n) is 6.74. The molecule has 1 aliphatic rings. The molecular formula is C17H26N2O3S. The lowest BCUT2D eigenvalue weighted by Gasteiger charge is -2.33. The van der Waals surface area contributed by atoms with Gasteiger partial charge in [-0.25, -0.2) is 8.42 Å². The van der Waals surface area contributed by atoms with E-state index in [1.165, 1.54) is 4.31 Å². The summed E-state index contributed by atoms with van der Waals surface area (Å²) in [4.78, 5) is 12.7. The second kappa shape index (κ2) is 7.01. The summed E-state index contributed by atoms with van der Waals surface area (Å²) in [5.41, 5.74) is -0.266. The minimum absolute atomic E-state index is 0.0511. The lowest BCUT2D eigenvalue weighted by atomic mass is 9.95. The van der Waals surface area contributed by atoms with Crippen molar-refractivity contribution in [2.75, 3.05) is 13.1 Å². The lowest BCUT2D eigenvalue weighted by molar-refractivity contribution is -0.127. The zero-order chi connectivity index (χ0) is 17.1. The molecule has 2 rings (SSSR count). The first-order chi connectivity index (χ1) is 10.8. The summed E-state index contributed by atoms with van der Waals surface area (Å²) in [6.07, 6.45) is 2.26. The lowest BCUT2D eigenvalue weighted by Crippen LogP contribution is -2.50. The van der Waals surface area contributed by atoms with Gasteiger partial charge in [-0.15, -0.1) is 0 Å². The highest BCUT2D eigenvalue weighted by molar-refractivity contribution is 7.89. The summed E-state index contributed by atoms with van der Waals surface area (Å²) >= 11 is 0. The first-order valence-corrected chi connectivity index (χ1v) is 9.57. The quantitative estimate of drug-likeness (QED) is 0.896. The summed E-state index contributed by atoms with van der Waals surface area (Å²) in [7, 11) is -3.52. The summed E-state index contributed by atoms with van der Waals surface area (Å²) in [6.45, 7) is 6.70. The van der Waals surface area contributed by atoms with E-state index in [0.29, 0.717) is 13.0 Å². The molecule has 0 radical (unpaired) electrons. The largest absolute Gasteiger partial charge is 0.351 e. The van der Waals surface area contributed by atoms with Crippen molar-refractivity contribution in [3.05, 3.63) is 30.3 Å². The normalized spacial score (nSPS) is 20.2. The molecule has 1 atom stereocenters. The van der Waals surface area contributed by atoms with Crippen LogP contribution in [0.2, 0.25) is 0 Å². The van der Waals surface area contributed by atoms with Crippen LogP contribution in [0.25, 0.3) is 0 Å². The predicted octanol–water partition coefficient (Wildman–Crippen LogP) is 2.39. The van der Waals surface area contributed by atoms with E-state index in [1.807, 2.05) is 20.8 Å². The molecule has 23 heavy (non-hydrogen) atoms. The highest BCUT2D eigenvalue weighted by atomic mass is 32.2. The molecule has 1 N–H and O–H groups in total. The summed E-state index contributed by atoms with van der Waals surface area (Å²) in [6, 6.07) is 8.41. The highest BCUT2D eigenvalue weighted by Gasteiger charge is 2.34. The third kappa shape index (κ3) is 4.32. The Morgan fingerprint density at radius 3 is 2.57 bits per heavy atom. The van der Waals surface area contributed by atoms with Crippen LogP contribution in [0.15, 0.2) is 35.2 Å². The fraction of sp³-hybridized carbons (Fsp3) is 0.588. The van der Waals surface area contributed by atoms with Gasteiger partial charge in [0.1, 0.15) is 0 Å². The van der Waals surface area contributed by atoms with E-state index in [4.69, 9.17) is 0 Å². The number of hydrogen-bond donors (Lipinski definition) is 1. The topological polar surface area (TPSA) is 66.5 Å². The fourth-order valence-electron chi connectivity index (χ4n) is 2.64. The Kier molecular flexibility index (Phi) is 5.47. The molecule has 5 nitrogen and oxygen atoms in total. The maximum absolute atomic E-state index is 12.7. The molecule has 0 aliphatic carbocycles. The zero-order valence-electron chi connectivity index (χ0n) is 14.1. The number of nitrogens with zero attached hydrogens (tertiary/aromatic N) is 1. The van der Waals surface area contributed by atoms with Crippen molar-refractivity contribution in [3.63, 3.8) is 0 Å². The molecule has 1 unspecified atom stereocenters. The van der Waals surface area contributed by atoms with E-state index in [9.17, 15) is 13.2 Å². The summed E-state index contributed by atoms with van der Waals surface area (Å²) < 4.78 is 26.8. The molecule has 1 heterocycles. The van der Waals surface area contributed by atoms with Gasteiger partial charge in [0, 0.05) is 18.6 Å². The van der Waals surface area contributed by atoms with Gasteiger partial charge in [-0.3, -0.25) is 4.79 Å².